The van der Waals surface area contributed by atoms with Crippen molar-refractivity contribution >= 4 is 29.5 Å². The average molecular weight is 364 g/mol. The normalized spacial score (nSPS) is 10.3. The second kappa shape index (κ2) is 8.29. The summed E-state index contributed by atoms with van der Waals surface area (Å²) in [6, 6.07) is 4.46. The van der Waals surface area contributed by atoms with E-state index in [0.717, 1.165) is 11.8 Å². The van der Waals surface area contributed by atoms with Crippen LogP contribution in [-0.4, -0.2) is 45.2 Å². The Balaban J connectivity index is 1.95. The van der Waals surface area contributed by atoms with Crippen LogP contribution < -0.4 is 10.9 Å². The van der Waals surface area contributed by atoms with Gasteiger partial charge in [0.2, 0.25) is 5.91 Å². The van der Waals surface area contributed by atoms with Crippen molar-refractivity contribution in [2.45, 2.75) is 11.6 Å². The number of aromatic amines is 1. The molecule has 10 heteroatoms. The number of H-pyrrole nitrogens is 1. The third-order valence-corrected chi connectivity index (χ3v) is 3.97. The van der Waals surface area contributed by atoms with Gasteiger partial charge in [-0.2, -0.15) is 0 Å². The van der Waals surface area contributed by atoms with Crippen molar-refractivity contribution in [1.29, 1.82) is 0 Å². The Morgan fingerprint density at radius 2 is 2.16 bits per heavy atom. The number of aryl methyl sites for hydroxylation is 1. The standard InChI is InChI=1S/C15H16N4O5S/c1-19-5-3-4-10(19)14(23)17-12(21)8-25-15-16-9(6-11(20)18-15)7-13(22)24-2/h3-6H,7-8H2,1-2H3,(H,16,18,20)(H,17,21,23). The van der Waals surface area contributed by atoms with E-state index in [1.165, 1.54) is 13.2 Å². The number of imide groups is 1. The lowest BCUT2D eigenvalue weighted by atomic mass is 10.3. The van der Waals surface area contributed by atoms with Gasteiger partial charge in [-0.15, -0.1) is 0 Å². The third-order valence-electron chi connectivity index (χ3n) is 3.10. The van der Waals surface area contributed by atoms with Crippen molar-refractivity contribution in [1.82, 2.24) is 19.9 Å². The van der Waals surface area contributed by atoms with Gasteiger partial charge in [0.05, 0.1) is 25.0 Å². The molecule has 0 saturated carbocycles. The number of methoxy groups -OCH3 is 1. The molecular weight excluding hydrogens is 348 g/mol. The number of thioether (sulfide) groups is 1. The summed E-state index contributed by atoms with van der Waals surface area (Å²) in [7, 11) is 2.93. The Kier molecular flexibility index (Phi) is 6.12. The van der Waals surface area contributed by atoms with E-state index < -0.39 is 23.3 Å². The van der Waals surface area contributed by atoms with Gasteiger partial charge < -0.3 is 14.3 Å². The SMILES string of the molecule is COC(=O)Cc1cc(=O)[nH]c(SCC(=O)NC(=O)c2cccn2C)n1. The zero-order chi connectivity index (χ0) is 18.4. The van der Waals surface area contributed by atoms with Crippen LogP contribution in [0.2, 0.25) is 0 Å². The fraction of sp³-hybridized carbons (Fsp3) is 0.267. The fourth-order valence-electron chi connectivity index (χ4n) is 1.92. The van der Waals surface area contributed by atoms with E-state index >= 15 is 0 Å². The van der Waals surface area contributed by atoms with E-state index in [0.29, 0.717) is 5.69 Å². The van der Waals surface area contributed by atoms with Gasteiger partial charge >= 0.3 is 5.97 Å². The lowest BCUT2D eigenvalue weighted by Gasteiger charge is -2.05. The number of nitrogens with one attached hydrogen (secondary N) is 2. The molecule has 2 amide bonds. The first-order valence-corrected chi connectivity index (χ1v) is 8.13. The number of ether oxygens (including phenoxy) is 1. The van der Waals surface area contributed by atoms with E-state index in [1.54, 1.807) is 29.9 Å². The molecule has 0 bridgehead atoms. The summed E-state index contributed by atoms with van der Waals surface area (Å²) in [6.45, 7) is 0. The quantitative estimate of drug-likeness (QED) is 0.416. The van der Waals surface area contributed by atoms with Crippen molar-refractivity contribution in [3.63, 3.8) is 0 Å². The molecule has 0 spiro atoms. The summed E-state index contributed by atoms with van der Waals surface area (Å²) in [5.41, 5.74) is 0.139. The zero-order valence-electron chi connectivity index (χ0n) is 13.6. The van der Waals surface area contributed by atoms with Crippen molar-refractivity contribution in [3.8, 4) is 0 Å². The number of hydrogen-bond donors (Lipinski definition) is 2. The van der Waals surface area contributed by atoms with Crippen molar-refractivity contribution in [2.24, 2.45) is 7.05 Å². The molecule has 0 unspecified atom stereocenters. The van der Waals surface area contributed by atoms with Gasteiger partial charge in [0.1, 0.15) is 5.69 Å². The number of carbonyl (C=O) groups is 3. The molecule has 2 heterocycles. The highest BCUT2D eigenvalue weighted by atomic mass is 32.2. The smallest absolute Gasteiger partial charge is 0.311 e. The predicted molar refractivity (Wildman–Crippen MR) is 89.2 cm³/mol. The number of hydrogen-bond acceptors (Lipinski definition) is 7. The number of carbonyl (C=O) groups excluding carboxylic acids is 3. The first kappa shape index (κ1) is 18.5. The van der Waals surface area contributed by atoms with Gasteiger partial charge in [-0.25, -0.2) is 4.98 Å². The lowest BCUT2D eigenvalue weighted by molar-refractivity contribution is -0.139. The molecule has 25 heavy (non-hydrogen) atoms. The maximum Gasteiger partial charge on any atom is 0.311 e. The van der Waals surface area contributed by atoms with Crippen LogP contribution in [0, 0.1) is 0 Å². The maximum atomic E-state index is 11.9. The highest BCUT2D eigenvalue weighted by Crippen LogP contribution is 2.11. The molecule has 2 rings (SSSR count). The number of amides is 2. The fourth-order valence-corrected chi connectivity index (χ4v) is 2.61. The van der Waals surface area contributed by atoms with Gasteiger partial charge in [-0.3, -0.25) is 24.5 Å². The molecule has 0 aliphatic carbocycles. The third kappa shape index (κ3) is 5.31. The Hall–Kier alpha value is -2.88. The number of esters is 1. The number of nitrogens with zero attached hydrogens (tertiary/aromatic N) is 2. The largest absolute Gasteiger partial charge is 0.469 e. The van der Waals surface area contributed by atoms with Gasteiger partial charge in [0.15, 0.2) is 5.16 Å². The molecule has 0 atom stereocenters. The topological polar surface area (TPSA) is 123 Å². The van der Waals surface area contributed by atoms with Crippen LogP contribution in [0.4, 0.5) is 0 Å². The minimum atomic E-state index is -0.530. The molecule has 0 saturated heterocycles. The first-order chi connectivity index (χ1) is 11.9. The second-order valence-electron chi connectivity index (χ2n) is 4.97. The molecule has 0 fully saturated rings. The molecule has 132 valence electrons. The van der Waals surface area contributed by atoms with Gasteiger partial charge in [0, 0.05) is 19.3 Å². The van der Waals surface area contributed by atoms with E-state index in [1.807, 2.05) is 0 Å². The average Bonchev–Trinajstić information content (AvgIpc) is 2.98. The van der Waals surface area contributed by atoms with E-state index in [4.69, 9.17) is 0 Å². The molecule has 0 aromatic carbocycles. The minimum Gasteiger partial charge on any atom is -0.469 e. The predicted octanol–water partition coefficient (Wildman–Crippen LogP) is -0.127. The molecule has 2 aromatic heterocycles. The van der Waals surface area contributed by atoms with Crippen molar-refractivity contribution in [3.05, 3.63) is 46.1 Å². The highest BCUT2D eigenvalue weighted by Gasteiger charge is 2.14. The molecule has 2 N–H and O–H groups in total. The lowest BCUT2D eigenvalue weighted by Crippen LogP contribution is -2.33. The monoisotopic (exact) mass is 364 g/mol. The summed E-state index contributed by atoms with van der Waals surface area (Å²) >= 11 is 0.945. The van der Waals surface area contributed by atoms with Crippen LogP contribution >= 0.6 is 11.8 Å². The highest BCUT2D eigenvalue weighted by molar-refractivity contribution is 7.99. The van der Waals surface area contributed by atoms with Gasteiger partial charge in [0.25, 0.3) is 11.5 Å². The Labute approximate surface area is 146 Å². The summed E-state index contributed by atoms with van der Waals surface area (Å²) in [5.74, 6) is -1.70. The first-order valence-electron chi connectivity index (χ1n) is 7.14. The van der Waals surface area contributed by atoms with Crippen LogP contribution in [0.25, 0.3) is 0 Å². The number of rotatable bonds is 6. The molecule has 0 aliphatic rings. The summed E-state index contributed by atoms with van der Waals surface area (Å²) in [4.78, 5) is 53.2. The Morgan fingerprint density at radius 1 is 1.40 bits per heavy atom. The van der Waals surface area contributed by atoms with E-state index in [-0.39, 0.29) is 23.0 Å². The summed E-state index contributed by atoms with van der Waals surface area (Å²) < 4.78 is 6.11. The molecule has 0 radical (unpaired) electrons. The molecular formula is C15H16N4O5S. The molecule has 0 aliphatic heterocycles. The minimum absolute atomic E-state index is 0.124. The van der Waals surface area contributed by atoms with E-state index in [2.05, 4.69) is 20.0 Å². The van der Waals surface area contributed by atoms with Crippen LogP contribution in [0.15, 0.2) is 34.3 Å². The number of aromatic nitrogens is 3. The van der Waals surface area contributed by atoms with Crippen LogP contribution in [0.3, 0.4) is 0 Å². The second-order valence-corrected chi connectivity index (χ2v) is 5.93. The molecule has 9 nitrogen and oxygen atoms in total. The van der Waals surface area contributed by atoms with Crippen LogP contribution in [0.5, 0.6) is 0 Å². The molecule has 2 aromatic rings. The maximum absolute atomic E-state index is 11.9. The summed E-state index contributed by atoms with van der Waals surface area (Å²) in [5, 5.41) is 2.42. The Bertz CT molecular complexity index is 858. The van der Waals surface area contributed by atoms with Gasteiger partial charge in [-0.1, -0.05) is 11.8 Å². The van der Waals surface area contributed by atoms with Crippen molar-refractivity contribution in [2.75, 3.05) is 12.9 Å². The van der Waals surface area contributed by atoms with Gasteiger partial charge in [-0.05, 0) is 12.1 Å². The zero-order valence-corrected chi connectivity index (χ0v) is 14.4. The van der Waals surface area contributed by atoms with Crippen LogP contribution in [-0.2, 0) is 27.8 Å². The van der Waals surface area contributed by atoms with E-state index in [9.17, 15) is 19.2 Å². The summed E-state index contributed by atoms with van der Waals surface area (Å²) in [6.07, 6.45) is 1.54. The Morgan fingerprint density at radius 3 is 2.80 bits per heavy atom. The van der Waals surface area contributed by atoms with Crippen molar-refractivity contribution < 1.29 is 19.1 Å². The van der Waals surface area contributed by atoms with Crippen LogP contribution in [0.1, 0.15) is 16.2 Å².